The van der Waals surface area contributed by atoms with Gasteiger partial charge in [-0.1, -0.05) is 13.8 Å². The molecule has 1 fully saturated rings. The lowest BCUT2D eigenvalue weighted by atomic mass is 10.0. The minimum absolute atomic E-state index is 0.00285. The number of carbonyl (C=O) groups excluding carboxylic acids is 1. The van der Waals surface area contributed by atoms with E-state index in [0.717, 1.165) is 30.3 Å². The van der Waals surface area contributed by atoms with E-state index in [2.05, 4.69) is 26.5 Å². The highest BCUT2D eigenvalue weighted by atomic mass is 19.4. The van der Waals surface area contributed by atoms with Gasteiger partial charge in [0.2, 0.25) is 5.96 Å². The normalized spacial score (nSPS) is 19.9. The van der Waals surface area contributed by atoms with Crippen LogP contribution in [0.1, 0.15) is 54.7 Å². The standard InChI is InChI=1S/C23H26F5N5O/c1-12(2)13(3)29-22(31-21(34)14-4-6-16(7-5-14)23(26,27)28)30-20-11-19(32-33-20)15-8-17(24)10-18(25)9-15/h4-10,12-13,19-20,32-33H,11H2,1-3H3,(H2,29,30,31,34). The van der Waals surface area contributed by atoms with Gasteiger partial charge in [0, 0.05) is 30.1 Å². The number of nitrogens with one attached hydrogen (secondary N) is 4. The number of benzene rings is 2. The Morgan fingerprint density at radius 1 is 1.03 bits per heavy atom. The number of hydrogen-bond donors (Lipinski definition) is 4. The number of halogens is 5. The van der Waals surface area contributed by atoms with Gasteiger partial charge in [0.25, 0.3) is 5.91 Å². The minimum atomic E-state index is -4.51. The van der Waals surface area contributed by atoms with Crippen LogP contribution in [0.4, 0.5) is 22.0 Å². The maximum atomic E-state index is 13.6. The Morgan fingerprint density at radius 3 is 2.21 bits per heavy atom. The van der Waals surface area contributed by atoms with E-state index in [1.807, 2.05) is 20.8 Å². The number of alkyl halides is 3. The number of hydrazine groups is 1. The lowest BCUT2D eigenvalue weighted by Gasteiger charge is -2.23. The number of carbonyl (C=O) groups is 1. The van der Waals surface area contributed by atoms with E-state index in [0.29, 0.717) is 12.0 Å². The Balaban J connectivity index is 1.75. The van der Waals surface area contributed by atoms with Crippen molar-refractivity contribution in [3.05, 3.63) is 70.8 Å². The number of guanidine groups is 1. The second kappa shape index (κ2) is 10.5. The summed E-state index contributed by atoms with van der Waals surface area (Å²) in [5.41, 5.74) is 5.44. The Kier molecular flexibility index (Phi) is 7.88. The van der Waals surface area contributed by atoms with E-state index in [9.17, 15) is 26.7 Å². The Hall–Kier alpha value is -3.05. The molecule has 0 aromatic heterocycles. The monoisotopic (exact) mass is 483 g/mol. The minimum Gasteiger partial charge on any atom is -0.353 e. The molecule has 34 heavy (non-hydrogen) atoms. The molecule has 6 nitrogen and oxygen atoms in total. The maximum absolute atomic E-state index is 13.6. The Bertz CT molecular complexity index is 1020. The second-order valence-electron chi connectivity index (χ2n) is 8.49. The fourth-order valence-corrected chi connectivity index (χ4v) is 3.27. The number of amides is 1. The van der Waals surface area contributed by atoms with Crippen LogP contribution in [0.2, 0.25) is 0 Å². The van der Waals surface area contributed by atoms with E-state index in [1.165, 1.54) is 12.1 Å². The third-order valence-electron chi connectivity index (χ3n) is 5.54. The smallest absolute Gasteiger partial charge is 0.353 e. The molecule has 2 aromatic carbocycles. The van der Waals surface area contributed by atoms with Crippen molar-refractivity contribution in [1.82, 2.24) is 21.5 Å². The highest BCUT2D eigenvalue weighted by Crippen LogP contribution is 2.29. The first kappa shape index (κ1) is 25.6. The van der Waals surface area contributed by atoms with E-state index in [4.69, 9.17) is 0 Å². The van der Waals surface area contributed by atoms with Gasteiger partial charge in [-0.2, -0.15) is 18.2 Å². The quantitative estimate of drug-likeness (QED) is 0.290. The molecule has 0 saturated carbocycles. The molecule has 0 aliphatic carbocycles. The van der Waals surface area contributed by atoms with Gasteiger partial charge in [-0.15, -0.1) is 0 Å². The van der Waals surface area contributed by atoms with E-state index < -0.39 is 41.5 Å². The summed E-state index contributed by atoms with van der Waals surface area (Å²) in [5, 5.41) is 6.15. The van der Waals surface area contributed by atoms with Crippen LogP contribution in [0.15, 0.2) is 47.5 Å². The van der Waals surface area contributed by atoms with Gasteiger partial charge in [0.1, 0.15) is 11.6 Å². The van der Waals surface area contributed by atoms with Crippen LogP contribution in [0.3, 0.4) is 0 Å². The lowest BCUT2D eigenvalue weighted by Crippen LogP contribution is -2.52. The zero-order valence-corrected chi connectivity index (χ0v) is 18.8. The second-order valence-corrected chi connectivity index (χ2v) is 8.49. The number of rotatable bonds is 5. The fourth-order valence-electron chi connectivity index (χ4n) is 3.27. The third kappa shape index (κ3) is 6.73. The van der Waals surface area contributed by atoms with Crippen molar-refractivity contribution in [3.8, 4) is 0 Å². The molecule has 184 valence electrons. The molecule has 1 amide bonds. The van der Waals surface area contributed by atoms with Crippen LogP contribution in [0.25, 0.3) is 0 Å². The molecule has 1 heterocycles. The molecule has 0 spiro atoms. The maximum Gasteiger partial charge on any atom is 0.416 e. The molecule has 11 heteroatoms. The first-order chi connectivity index (χ1) is 15.9. The van der Waals surface area contributed by atoms with Crippen LogP contribution in [-0.4, -0.2) is 24.1 Å². The van der Waals surface area contributed by atoms with Crippen LogP contribution in [0, 0.1) is 17.6 Å². The molecule has 3 unspecified atom stereocenters. The van der Waals surface area contributed by atoms with Gasteiger partial charge >= 0.3 is 6.18 Å². The highest BCUT2D eigenvalue weighted by molar-refractivity contribution is 6.02. The third-order valence-corrected chi connectivity index (χ3v) is 5.54. The van der Waals surface area contributed by atoms with E-state index >= 15 is 0 Å². The molecule has 1 aliphatic rings. The van der Waals surface area contributed by atoms with Crippen molar-refractivity contribution >= 4 is 11.9 Å². The highest BCUT2D eigenvalue weighted by Gasteiger charge is 2.30. The molecular formula is C23H26F5N5O. The van der Waals surface area contributed by atoms with Gasteiger partial charge in [0.05, 0.1) is 11.7 Å². The summed E-state index contributed by atoms with van der Waals surface area (Å²) < 4.78 is 65.5. The molecular weight excluding hydrogens is 457 g/mol. The fraction of sp³-hybridized carbons (Fsp3) is 0.391. The summed E-state index contributed by atoms with van der Waals surface area (Å²) in [6.45, 7) is 5.83. The van der Waals surface area contributed by atoms with Crippen LogP contribution in [0.5, 0.6) is 0 Å². The average Bonchev–Trinajstić information content (AvgIpc) is 3.21. The molecule has 1 aliphatic heterocycles. The van der Waals surface area contributed by atoms with Crippen LogP contribution >= 0.6 is 0 Å². The first-order valence-electron chi connectivity index (χ1n) is 10.7. The number of nitrogens with zero attached hydrogens (tertiary/aromatic N) is 1. The van der Waals surface area contributed by atoms with Crippen molar-refractivity contribution in [2.45, 2.75) is 51.6 Å². The molecule has 2 aromatic rings. The van der Waals surface area contributed by atoms with Crippen molar-refractivity contribution in [3.63, 3.8) is 0 Å². The molecule has 4 N–H and O–H groups in total. The predicted molar refractivity (Wildman–Crippen MR) is 118 cm³/mol. The largest absolute Gasteiger partial charge is 0.416 e. The van der Waals surface area contributed by atoms with Gasteiger partial charge < -0.3 is 10.6 Å². The summed E-state index contributed by atoms with van der Waals surface area (Å²) in [7, 11) is 0. The van der Waals surface area contributed by atoms with Crippen LogP contribution < -0.4 is 21.5 Å². The summed E-state index contributed by atoms with van der Waals surface area (Å²) in [4.78, 5) is 16.7. The predicted octanol–water partition coefficient (Wildman–Crippen LogP) is 4.27. The van der Waals surface area contributed by atoms with Gasteiger partial charge in [-0.3, -0.25) is 4.79 Å². The number of hydrogen-bond acceptors (Lipinski definition) is 3. The Morgan fingerprint density at radius 2 is 1.65 bits per heavy atom. The SMILES string of the molecule is CC(C)C(C)N/C(=N/C(=O)c1ccc(C(F)(F)F)cc1)NC1CC(c2cc(F)cc(F)c2)NN1. The first-order valence-corrected chi connectivity index (χ1v) is 10.7. The van der Waals surface area contributed by atoms with Crippen molar-refractivity contribution < 1.29 is 26.7 Å². The summed E-state index contributed by atoms with van der Waals surface area (Å²) >= 11 is 0. The lowest BCUT2D eigenvalue weighted by molar-refractivity contribution is -0.137. The average molecular weight is 483 g/mol. The van der Waals surface area contributed by atoms with Crippen molar-refractivity contribution in [2.75, 3.05) is 0 Å². The topological polar surface area (TPSA) is 77.5 Å². The zero-order chi connectivity index (χ0) is 25.0. The summed E-state index contributed by atoms with van der Waals surface area (Å²) in [6.07, 6.45) is -4.59. The molecule has 0 radical (unpaired) electrons. The van der Waals surface area contributed by atoms with Gasteiger partial charge in [-0.25, -0.2) is 19.6 Å². The van der Waals surface area contributed by atoms with Crippen molar-refractivity contribution in [1.29, 1.82) is 0 Å². The summed E-state index contributed by atoms with van der Waals surface area (Å²) in [6, 6.07) is 6.54. The van der Waals surface area contributed by atoms with Gasteiger partial charge in [-0.05, 0) is 54.8 Å². The molecule has 0 bridgehead atoms. The zero-order valence-electron chi connectivity index (χ0n) is 18.8. The van der Waals surface area contributed by atoms with Crippen molar-refractivity contribution in [2.24, 2.45) is 10.9 Å². The molecule has 3 atom stereocenters. The molecule has 3 rings (SSSR count). The molecule has 1 saturated heterocycles. The van der Waals surface area contributed by atoms with E-state index in [1.54, 1.807) is 0 Å². The summed E-state index contributed by atoms with van der Waals surface area (Å²) in [5.74, 6) is -1.80. The van der Waals surface area contributed by atoms with E-state index in [-0.39, 0.29) is 23.5 Å². The Labute approximate surface area is 194 Å². The van der Waals surface area contributed by atoms with Crippen LogP contribution in [-0.2, 0) is 6.18 Å². The van der Waals surface area contributed by atoms with Gasteiger partial charge in [0.15, 0.2) is 0 Å². The number of aliphatic imine (C=N–C) groups is 1.